The first-order chi connectivity index (χ1) is 11.4. The molecule has 0 bridgehead atoms. The zero-order chi connectivity index (χ0) is 17.3. The lowest BCUT2D eigenvalue weighted by Gasteiger charge is -2.21. The van der Waals surface area contributed by atoms with Gasteiger partial charge in [-0.1, -0.05) is 24.3 Å². The molecule has 1 aliphatic rings. The van der Waals surface area contributed by atoms with Gasteiger partial charge in [-0.25, -0.2) is 0 Å². The maximum atomic E-state index is 12.7. The number of aliphatic hydroxyl groups is 1. The van der Waals surface area contributed by atoms with Crippen molar-refractivity contribution in [2.24, 2.45) is 5.73 Å². The maximum absolute atomic E-state index is 12.7. The quantitative estimate of drug-likeness (QED) is 0.771. The second kappa shape index (κ2) is 5.86. The van der Waals surface area contributed by atoms with E-state index in [0.717, 1.165) is 4.90 Å². The third-order valence-corrected chi connectivity index (χ3v) is 3.92. The van der Waals surface area contributed by atoms with E-state index in [2.05, 4.69) is 4.98 Å². The van der Waals surface area contributed by atoms with Gasteiger partial charge in [-0.05, 0) is 18.2 Å². The Morgan fingerprint density at radius 2 is 1.88 bits per heavy atom. The van der Waals surface area contributed by atoms with Crippen LogP contribution in [0, 0.1) is 0 Å². The Morgan fingerprint density at radius 1 is 1.17 bits per heavy atom. The van der Waals surface area contributed by atoms with Crippen molar-refractivity contribution in [2.75, 3.05) is 11.4 Å². The molecule has 0 fully saturated rings. The smallest absolute Gasteiger partial charge is 0.264 e. The summed E-state index contributed by atoms with van der Waals surface area (Å²) in [5, 5.41) is 10.9. The fourth-order valence-corrected chi connectivity index (χ4v) is 2.84. The number of nitrogens with two attached hydrogens (primary N) is 1. The fourth-order valence-electron chi connectivity index (χ4n) is 2.84. The Hall–Kier alpha value is -3.06. The number of benzene rings is 1. The largest absolute Gasteiger partial charge is 0.375 e. The van der Waals surface area contributed by atoms with Gasteiger partial charge in [0.1, 0.15) is 12.2 Å². The van der Waals surface area contributed by atoms with Gasteiger partial charge in [-0.3, -0.25) is 24.3 Å². The van der Waals surface area contributed by atoms with Gasteiger partial charge in [-0.15, -0.1) is 0 Å². The van der Waals surface area contributed by atoms with Crippen molar-refractivity contribution >= 4 is 23.3 Å². The molecule has 0 aliphatic carbocycles. The highest BCUT2D eigenvalue weighted by Gasteiger charge is 2.51. The minimum Gasteiger partial charge on any atom is -0.375 e. The van der Waals surface area contributed by atoms with Crippen molar-refractivity contribution in [3.05, 3.63) is 59.9 Å². The predicted molar refractivity (Wildman–Crippen MR) is 85.1 cm³/mol. The Bertz CT molecular complexity index is 822. The molecule has 0 saturated heterocycles. The third-order valence-electron chi connectivity index (χ3n) is 3.92. The number of ketones is 1. The van der Waals surface area contributed by atoms with E-state index < -0.39 is 29.6 Å². The minimum atomic E-state index is -2.04. The van der Waals surface area contributed by atoms with Crippen LogP contribution in [0.5, 0.6) is 0 Å². The Balaban J connectivity index is 1.98. The number of nitrogens with zero attached hydrogens (tertiary/aromatic N) is 2. The number of pyridine rings is 1. The molecular weight excluding hydrogens is 310 g/mol. The van der Waals surface area contributed by atoms with Crippen LogP contribution in [-0.2, 0) is 15.2 Å². The molecule has 3 rings (SSSR count). The van der Waals surface area contributed by atoms with Crippen molar-refractivity contribution in [3.8, 4) is 0 Å². The summed E-state index contributed by atoms with van der Waals surface area (Å²) in [6, 6.07) is 11.3. The molecule has 1 atom stereocenters. The molecular formula is C17H15N3O4. The predicted octanol–water partition coefficient (Wildman–Crippen LogP) is 0.374. The summed E-state index contributed by atoms with van der Waals surface area (Å²) in [5.74, 6) is -1.92. The van der Waals surface area contributed by atoms with E-state index >= 15 is 0 Å². The summed E-state index contributed by atoms with van der Waals surface area (Å²) in [6.07, 6.45) is 0.996. The number of para-hydroxylation sites is 1. The monoisotopic (exact) mass is 325 g/mol. The van der Waals surface area contributed by atoms with Crippen LogP contribution < -0.4 is 10.6 Å². The number of hydrogen-bond donors (Lipinski definition) is 2. The molecule has 2 amide bonds. The van der Waals surface area contributed by atoms with Crippen LogP contribution in [0.25, 0.3) is 0 Å². The molecule has 2 aromatic rings. The molecule has 0 spiro atoms. The van der Waals surface area contributed by atoms with Gasteiger partial charge < -0.3 is 10.8 Å². The lowest BCUT2D eigenvalue weighted by atomic mass is 9.89. The molecule has 1 unspecified atom stereocenters. The van der Waals surface area contributed by atoms with Gasteiger partial charge in [-0.2, -0.15) is 0 Å². The van der Waals surface area contributed by atoms with Gasteiger partial charge in [0, 0.05) is 11.8 Å². The number of hydrogen-bond acceptors (Lipinski definition) is 5. The average Bonchev–Trinajstić information content (AvgIpc) is 2.78. The van der Waals surface area contributed by atoms with Gasteiger partial charge >= 0.3 is 0 Å². The third kappa shape index (κ3) is 2.55. The van der Waals surface area contributed by atoms with Crippen LogP contribution in [-0.4, -0.2) is 34.2 Å². The van der Waals surface area contributed by atoms with Crippen molar-refractivity contribution in [3.63, 3.8) is 0 Å². The second-order valence-corrected chi connectivity index (χ2v) is 5.55. The van der Waals surface area contributed by atoms with E-state index in [1.807, 2.05) is 0 Å². The van der Waals surface area contributed by atoms with Crippen LogP contribution in [0.4, 0.5) is 5.69 Å². The van der Waals surface area contributed by atoms with Crippen LogP contribution in [0.2, 0.25) is 0 Å². The van der Waals surface area contributed by atoms with Crippen molar-refractivity contribution < 1.29 is 19.5 Å². The standard InChI is InChI=1S/C17H15N3O4/c18-15(22)10-20-13-7-2-1-5-11(13)17(24,16(20)23)9-14(21)12-6-3-4-8-19-12/h1-8,24H,9-10H2,(H2,18,22). The highest BCUT2D eigenvalue weighted by Crippen LogP contribution is 2.42. The van der Waals surface area contributed by atoms with E-state index in [1.165, 1.54) is 12.3 Å². The van der Waals surface area contributed by atoms with Crippen molar-refractivity contribution in [2.45, 2.75) is 12.0 Å². The van der Waals surface area contributed by atoms with E-state index in [1.54, 1.807) is 36.4 Å². The molecule has 1 aliphatic heterocycles. The summed E-state index contributed by atoms with van der Waals surface area (Å²) in [7, 11) is 0. The normalized spacial score (nSPS) is 19.2. The number of carbonyl (C=O) groups excluding carboxylic acids is 3. The first-order valence-corrected chi connectivity index (χ1v) is 7.30. The fraction of sp³-hybridized carbons (Fsp3) is 0.176. The summed E-state index contributed by atoms with van der Waals surface area (Å²) >= 11 is 0. The zero-order valence-electron chi connectivity index (χ0n) is 12.7. The summed E-state index contributed by atoms with van der Waals surface area (Å²) < 4.78 is 0. The number of Topliss-reactive ketones (excluding diaryl/α,β-unsaturated/α-hetero) is 1. The highest BCUT2D eigenvalue weighted by atomic mass is 16.3. The Kier molecular flexibility index (Phi) is 3.86. The summed E-state index contributed by atoms with van der Waals surface area (Å²) in [5.41, 5.74) is 3.95. The number of primary amides is 1. The SMILES string of the molecule is NC(=O)CN1C(=O)C(O)(CC(=O)c2ccccn2)c2ccccc21. The van der Waals surface area contributed by atoms with Crippen LogP contribution in [0.3, 0.4) is 0 Å². The number of anilines is 1. The van der Waals surface area contributed by atoms with Crippen LogP contribution in [0.15, 0.2) is 48.7 Å². The van der Waals surface area contributed by atoms with Gasteiger partial charge in [0.15, 0.2) is 11.4 Å². The highest BCUT2D eigenvalue weighted by molar-refractivity contribution is 6.12. The lowest BCUT2D eigenvalue weighted by molar-refractivity contribution is -0.136. The maximum Gasteiger partial charge on any atom is 0.264 e. The Labute approximate surface area is 137 Å². The lowest BCUT2D eigenvalue weighted by Crippen LogP contribution is -2.44. The molecule has 7 nitrogen and oxygen atoms in total. The van der Waals surface area contributed by atoms with E-state index in [4.69, 9.17) is 5.73 Å². The van der Waals surface area contributed by atoms with Crippen LogP contribution in [0.1, 0.15) is 22.5 Å². The molecule has 2 heterocycles. The van der Waals surface area contributed by atoms with E-state index in [0.29, 0.717) is 5.69 Å². The number of amides is 2. The van der Waals surface area contributed by atoms with Gasteiger partial charge in [0.05, 0.1) is 12.1 Å². The molecule has 7 heteroatoms. The number of fused-ring (bicyclic) bond motifs is 1. The first-order valence-electron chi connectivity index (χ1n) is 7.30. The molecule has 1 aromatic carbocycles. The molecule has 24 heavy (non-hydrogen) atoms. The van der Waals surface area contributed by atoms with Gasteiger partial charge in [0.2, 0.25) is 5.91 Å². The number of aromatic nitrogens is 1. The summed E-state index contributed by atoms with van der Waals surface area (Å²) in [6.45, 7) is -0.365. The van der Waals surface area contributed by atoms with Gasteiger partial charge in [0.25, 0.3) is 5.91 Å². The Morgan fingerprint density at radius 3 is 2.54 bits per heavy atom. The molecule has 0 radical (unpaired) electrons. The van der Waals surface area contributed by atoms with Crippen molar-refractivity contribution in [1.82, 2.24) is 4.98 Å². The topological polar surface area (TPSA) is 114 Å². The van der Waals surface area contributed by atoms with E-state index in [-0.39, 0.29) is 17.8 Å². The molecule has 1 aromatic heterocycles. The molecule has 122 valence electrons. The molecule has 0 saturated carbocycles. The van der Waals surface area contributed by atoms with Crippen LogP contribution >= 0.6 is 0 Å². The van der Waals surface area contributed by atoms with E-state index in [9.17, 15) is 19.5 Å². The summed E-state index contributed by atoms with van der Waals surface area (Å²) in [4.78, 5) is 41.4. The first kappa shape index (κ1) is 15.8. The minimum absolute atomic E-state index is 0.157. The number of carbonyl (C=O) groups is 3. The molecule has 3 N–H and O–H groups in total. The number of rotatable bonds is 5. The van der Waals surface area contributed by atoms with Crippen molar-refractivity contribution in [1.29, 1.82) is 0 Å². The zero-order valence-corrected chi connectivity index (χ0v) is 12.7. The average molecular weight is 325 g/mol. The second-order valence-electron chi connectivity index (χ2n) is 5.55.